The van der Waals surface area contributed by atoms with Crippen LogP contribution in [0.1, 0.15) is 52.6 Å². The maximum Gasteiger partial charge on any atom is 0.415 e. The molecule has 0 N–H and O–H groups in total. The van der Waals surface area contributed by atoms with Crippen LogP contribution in [-0.4, -0.2) is 18.8 Å². The molecule has 0 radical (unpaired) electrons. The van der Waals surface area contributed by atoms with Gasteiger partial charge in [-0.05, 0) is 70.9 Å². The predicted molar refractivity (Wildman–Crippen MR) is 115 cm³/mol. The molecular weight excluding hydrogens is 350 g/mol. The molecule has 4 heteroatoms. The molecule has 4 nitrogen and oxygen atoms in total. The maximum atomic E-state index is 13.2. The Bertz CT molecular complexity index is 785. The van der Waals surface area contributed by atoms with Gasteiger partial charge in [0.1, 0.15) is 11.4 Å². The summed E-state index contributed by atoms with van der Waals surface area (Å²) < 4.78 is 11.0. The van der Waals surface area contributed by atoms with Crippen LogP contribution in [0.2, 0.25) is 0 Å². The number of hydrogen-bond donors (Lipinski definition) is 0. The Morgan fingerprint density at radius 1 is 1.04 bits per heavy atom. The second-order valence-electron chi connectivity index (χ2n) is 7.99. The van der Waals surface area contributed by atoms with E-state index in [1.54, 1.807) is 12.0 Å². The normalized spacial score (nSPS) is 12.1. The van der Waals surface area contributed by atoms with Crippen molar-refractivity contribution in [3.05, 3.63) is 71.8 Å². The van der Waals surface area contributed by atoms with Gasteiger partial charge in [0.05, 0.1) is 13.2 Å². The Balaban J connectivity index is 2.53. The number of amides is 1. The second-order valence-corrected chi connectivity index (χ2v) is 7.99. The van der Waals surface area contributed by atoms with Crippen molar-refractivity contribution in [2.45, 2.75) is 52.7 Å². The van der Waals surface area contributed by atoms with Crippen LogP contribution in [0.25, 0.3) is 0 Å². The fourth-order valence-corrected chi connectivity index (χ4v) is 2.88. The summed E-state index contributed by atoms with van der Waals surface area (Å²) in [5.74, 6) is 0.744. The molecule has 28 heavy (non-hydrogen) atoms. The zero-order valence-electron chi connectivity index (χ0n) is 17.7. The summed E-state index contributed by atoms with van der Waals surface area (Å²) in [6.07, 6.45) is 2.48. The van der Waals surface area contributed by atoms with Crippen molar-refractivity contribution in [3.63, 3.8) is 0 Å². The van der Waals surface area contributed by atoms with E-state index >= 15 is 0 Å². The summed E-state index contributed by atoms with van der Waals surface area (Å²) in [7, 11) is 1.63. The molecule has 1 atom stereocenters. The van der Waals surface area contributed by atoms with E-state index in [1.807, 2.05) is 75.4 Å². The smallest absolute Gasteiger partial charge is 0.415 e. The maximum absolute atomic E-state index is 13.2. The van der Waals surface area contributed by atoms with Gasteiger partial charge < -0.3 is 9.47 Å². The summed E-state index contributed by atoms with van der Waals surface area (Å²) in [5.41, 5.74) is 2.45. The summed E-state index contributed by atoms with van der Waals surface area (Å²) in [6.45, 7) is 9.76. The number of benzene rings is 2. The lowest BCUT2D eigenvalue weighted by Crippen LogP contribution is -2.39. The van der Waals surface area contributed by atoms with Crippen molar-refractivity contribution in [2.75, 3.05) is 12.0 Å². The first-order valence-electron chi connectivity index (χ1n) is 9.56. The van der Waals surface area contributed by atoms with Crippen molar-refractivity contribution < 1.29 is 14.3 Å². The Labute approximate surface area is 168 Å². The monoisotopic (exact) mass is 381 g/mol. The molecule has 0 aliphatic carbocycles. The molecule has 0 saturated heterocycles. The molecule has 0 aliphatic rings. The van der Waals surface area contributed by atoms with Crippen LogP contribution in [-0.2, 0) is 4.74 Å². The molecule has 0 fully saturated rings. The van der Waals surface area contributed by atoms with E-state index < -0.39 is 5.60 Å². The average Bonchev–Trinajstić information content (AvgIpc) is 2.64. The van der Waals surface area contributed by atoms with E-state index in [9.17, 15) is 4.79 Å². The van der Waals surface area contributed by atoms with Gasteiger partial charge in [-0.25, -0.2) is 4.79 Å². The SMILES string of the molecule is COc1ccc(N(C(=O)OC(C)(C)C)[C@H](CC=C(C)C)c2ccccc2)cc1. The Kier molecular flexibility index (Phi) is 7.27. The van der Waals surface area contributed by atoms with Crippen LogP contribution >= 0.6 is 0 Å². The number of rotatable bonds is 6. The Morgan fingerprint density at radius 2 is 1.64 bits per heavy atom. The van der Waals surface area contributed by atoms with Crippen LogP contribution in [0.5, 0.6) is 5.75 Å². The van der Waals surface area contributed by atoms with E-state index in [2.05, 4.69) is 19.9 Å². The zero-order chi connectivity index (χ0) is 20.7. The van der Waals surface area contributed by atoms with E-state index in [4.69, 9.17) is 9.47 Å². The third kappa shape index (κ3) is 6.15. The molecule has 0 heterocycles. The topological polar surface area (TPSA) is 38.8 Å². The number of carbonyl (C=O) groups excluding carboxylic acids is 1. The molecule has 150 valence electrons. The molecule has 0 saturated carbocycles. The minimum absolute atomic E-state index is 0.181. The molecule has 0 aromatic heterocycles. The van der Waals surface area contributed by atoms with E-state index in [1.165, 1.54) is 5.57 Å². The van der Waals surface area contributed by atoms with Gasteiger partial charge in [-0.3, -0.25) is 4.90 Å². The number of nitrogens with zero attached hydrogens (tertiary/aromatic N) is 1. The molecule has 1 amide bonds. The van der Waals surface area contributed by atoms with Gasteiger partial charge in [0, 0.05) is 5.69 Å². The number of anilines is 1. The first-order valence-corrected chi connectivity index (χ1v) is 9.56. The Morgan fingerprint density at radius 3 is 2.14 bits per heavy atom. The minimum atomic E-state index is -0.584. The van der Waals surface area contributed by atoms with Gasteiger partial charge in [0.15, 0.2) is 0 Å². The van der Waals surface area contributed by atoms with Gasteiger partial charge in [0.25, 0.3) is 0 Å². The average molecular weight is 382 g/mol. The van der Waals surface area contributed by atoms with E-state index in [-0.39, 0.29) is 12.1 Å². The summed E-state index contributed by atoms with van der Waals surface area (Å²) in [6, 6.07) is 17.4. The summed E-state index contributed by atoms with van der Waals surface area (Å²) in [5, 5.41) is 0. The van der Waals surface area contributed by atoms with Crippen LogP contribution < -0.4 is 9.64 Å². The Hall–Kier alpha value is -2.75. The minimum Gasteiger partial charge on any atom is -0.497 e. The van der Waals surface area contributed by atoms with E-state index in [0.717, 1.165) is 17.0 Å². The fraction of sp³-hybridized carbons (Fsp3) is 0.375. The number of ether oxygens (including phenoxy) is 2. The van der Waals surface area contributed by atoms with Crippen molar-refractivity contribution in [1.29, 1.82) is 0 Å². The fourth-order valence-electron chi connectivity index (χ4n) is 2.88. The predicted octanol–water partition coefficient (Wildman–Crippen LogP) is 6.53. The highest BCUT2D eigenvalue weighted by Gasteiger charge is 2.30. The third-order valence-corrected chi connectivity index (χ3v) is 4.19. The molecule has 0 spiro atoms. The molecule has 2 rings (SSSR count). The lowest BCUT2D eigenvalue weighted by atomic mass is 10.00. The highest BCUT2D eigenvalue weighted by molar-refractivity contribution is 5.89. The standard InChI is InChI=1S/C24H31NO3/c1-18(2)12-17-22(19-10-8-7-9-11-19)25(23(26)28-24(3,4)5)20-13-15-21(27-6)16-14-20/h7-16,22H,17H2,1-6H3/t22-/m1/s1. The first-order chi connectivity index (χ1) is 13.2. The largest absolute Gasteiger partial charge is 0.497 e. The highest BCUT2D eigenvalue weighted by atomic mass is 16.6. The van der Waals surface area contributed by atoms with Crippen molar-refractivity contribution in [1.82, 2.24) is 0 Å². The van der Waals surface area contributed by atoms with Gasteiger partial charge >= 0.3 is 6.09 Å². The molecule has 0 unspecified atom stereocenters. The second kappa shape index (κ2) is 9.45. The van der Waals surface area contributed by atoms with Crippen LogP contribution in [0.15, 0.2) is 66.2 Å². The highest BCUT2D eigenvalue weighted by Crippen LogP contribution is 2.33. The lowest BCUT2D eigenvalue weighted by Gasteiger charge is -2.33. The molecule has 2 aromatic rings. The molecule has 2 aromatic carbocycles. The van der Waals surface area contributed by atoms with Crippen LogP contribution in [0.3, 0.4) is 0 Å². The number of methoxy groups -OCH3 is 1. The van der Waals surface area contributed by atoms with Crippen molar-refractivity contribution in [2.24, 2.45) is 0 Å². The number of carbonyl (C=O) groups is 1. The summed E-state index contributed by atoms with van der Waals surface area (Å²) in [4.78, 5) is 15.0. The van der Waals surface area contributed by atoms with Gasteiger partial charge in [-0.2, -0.15) is 0 Å². The first kappa shape index (κ1) is 21.5. The number of hydrogen-bond acceptors (Lipinski definition) is 3. The van der Waals surface area contributed by atoms with Gasteiger partial charge in [0.2, 0.25) is 0 Å². The zero-order valence-corrected chi connectivity index (χ0v) is 17.7. The molecule has 0 bridgehead atoms. The third-order valence-electron chi connectivity index (χ3n) is 4.19. The van der Waals surface area contributed by atoms with Crippen LogP contribution in [0, 0.1) is 0 Å². The lowest BCUT2D eigenvalue weighted by molar-refractivity contribution is 0.0565. The quantitative estimate of drug-likeness (QED) is 0.534. The summed E-state index contributed by atoms with van der Waals surface area (Å²) >= 11 is 0. The molecule has 0 aliphatic heterocycles. The van der Waals surface area contributed by atoms with Gasteiger partial charge in [-0.15, -0.1) is 0 Å². The van der Waals surface area contributed by atoms with Gasteiger partial charge in [-0.1, -0.05) is 42.0 Å². The van der Waals surface area contributed by atoms with Crippen LogP contribution in [0.4, 0.5) is 10.5 Å². The molecular formula is C24H31NO3. The van der Waals surface area contributed by atoms with Crippen molar-refractivity contribution in [3.8, 4) is 5.75 Å². The van der Waals surface area contributed by atoms with Crippen molar-refractivity contribution >= 4 is 11.8 Å². The van der Waals surface area contributed by atoms with E-state index in [0.29, 0.717) is 6.42 Å². The number of allylic oxidation sites excluding steroid dienone is 1.